The molecule has 0 aliphatic carbocycles. The van der Waals surface area contributed by atoms with Crippen LogP contribution in [0.2, 0.25) is 0 Å². The van der Waals surface area contributed by atoms with E-state index in [1.165, 1.54) is 11.3 Å². The van der Waals surface area contributed by atoms with Gasteiger partial charge in [-0.3, -0.25) is 4.99 Å². The summed E-state index contributed by atoms with van der Waals surface area (Å²) in [5.74, 6) is 2.75. The molecule has 1 heterocycles. The number of rotatable bonds is 9. The molecular formula is C25H29N3O4S. The summed E-state index contributed by atoms with van der Waals surface area (Å²) in [7, 11) is 6.51. The Bertz CT molecular complexity index is 1240. The molecule has 1 aromatic heterocycles. The lowest BCUT2D eigenvalue weighted by Gasteiger charge is -2.12. The van der Waals surface area contributed by atoms with Crippen LogP contribution in [0, 0.1) is 0 Å². The summed E-state index contributed by atoms with van der Waals surface area (Å²) in [6.07, 6.45) is 0. The average molecular weight is 468 g/mol. The lowest BCUT2D eigenvalue weighted by molar-refractivity contribution is 0.355. The third-order valence-electron chi connectivity index (χ3n) is 4.90. The standard InChI is InChI=1S/C25H29N3O4S/c1-16(2)14-26-25-28(27-17(3)18-8-10-23(31-6)24(12-18)32-7)21(15-33-25)20-13-19(29-4)9-11-22(20)30-5/h8-13,15H,1,14H2,2-7H3. The summed E-state index contributed by atoms with van der Waals surface area (Å²) in [6.45, 7) is 8.37. The van der Waals surface area contributed by atoms with Crippen LogP contribution in [-0.2, 0) is 0 Å². The summed E-state index contributed by atoms with van der Waals surface area (Å²) < 4.78 is 23.7. The number of thiazole rings is 1. The van der Waals surface area contributed by atoms with E-state index in [0.717, 1.165) is 38.7 Å². The minimum atomic E-state index is 0.514. The Kier molecular flexibility index (Phi) is 7.95. The minimum absolute atomic E-state index is 0.514. The number of benzene rings is 2. The Morgan fingerprint density at radius 2 is 1.61 bits per heavy atom. The van der Waals surface area contributed by atoms with Gasteiger partial charge in [0.2, 0.25) is 4.80 Å². The van der Waals surface area contributed by atoms with Crippen LogP contribution in [0.4, 0.5) is 0 Å². The Balaban J connectivity index is 2.21. The smallest absolute Gasteiger partial charge is 0.206 e. The van der Waals surface area contributed by atoms with Crippen LogP contribution in [0.25, 0.3) is 11.3 Å². The predicted molar refractivity (Wildman–Crippen MR) is 133 cm³/mol. The topological polar surface area (TPSA) is 66.6 Å². The van der Waals surface area contributed by atoms with Crippen LogP contribution < -0.4 is 23.7 Å². The van der Waals surface area contributed by atoms with Gasteiger partial charge in [-0.15, -0.1) is 11.3 Å². The number of hydrogen-bond acceptors (Lipinski definition) is 7. The van der Waals surface area contributed by atoms with E-state index in [1.54, 1.807) is 28.4 Å². The molecule has 0 saturated carbocycles. The second kappa shape index (κ2) is 10.9. The number of nitrogens with zero attached hydrogens (tertiary/aromatic N) is 3. The van der Waals surface area contributed by atoms with Crippen LogP contribution in [0.1, 0.15) is 19.4 Å². The van der Waals surface area contributed by atoms with Gasteiger partial charge in [-0.1, -0.05) is 12.2 Å². The highest BCUT2D eigenvalue weighted by Gasteiger charge is 2.15. The van der Waals surface area contributed by atoms with Gasteiger partial charge in [0.1, 0.15) is 11.5 Å². The molecule has 0 amide bonds. The molecule has 33 heavy (non-hydrogen) atoms. The Labute approximate surface area is 198 Å². The molecular weight excluding hydrogens is 438 g/mol. The average Bonchev–Trinajstić information content (AvgIpc) is 3.23. The van der Waals surface area contributed by atoms with Gasteiger partial charge >= 0.3 is 0 Å². The van der Waals surface area contributed by atoms with Crippen molar-refractivity contribution in [3.05, 3.63) is 64.3 Å². The molecule has 0 aliphatic heterocycles. The van der Waals surface area contributed by atoms with E-state index in [2.05, 4.69) is 6.58 Å². The van der Waals surface area contributed by atoms with Gasteiger partial charge in [-0.05, 0) is 50.2 Å². The fourth-order valence-electron chi connectivity index (χ4n) is 3.18. The maximum Gasteiger partial charge on any atom is 0.206 e. The van der Waals surface area contributed by atoms with Crippen molar-refractivity contribution in [2.24, 2.45) is 10.1 Å². The van der Waals surface area contributed by atoms with Crippen molar-refractivity contribution in [2.75, 3.05) is 35.0 Å². The molecule has 0 N–H and O–H groups in total. The molecule has 0 bridgehead atoms. The van der Waals surface area contributed by atoms with Gasteiger partial charge < -0.3 is 18.9 Å². The van der Waals surface area contributed by atoms with Gasteiger partial charge in [0, 0.05) is 16.5 Å². The molecule has 2 aromatic carbocycles. The number of aromatic nitrogens is 1. The van der Waals surface area contributed by atoms with Gasteiger partial charge in [0.15, 0.2) is 11.5 Å². The molecule has 0 aliphatic rings. The predicted octanol–water partition coefficient (Wildman–Crippen LogP) is 5.00. The third kappa shape index (κ3) is 5.46. The molecule has 0 fully saturated rings. The van der Waals surface area contributed by atoms with Crippen LogP contribution in [0.5, 0.6) is 23.0 Å². The van der Waals surface area contributed by atoms with Gasteiger partial charge in [0.25, 0.3) is 0 Å². The number of hydrogen-bond donors (Lipinski definition) is 0. The first-order chi connectivity index (χ1) is 15.9. The molecule has 8 heteroatoms. The normalized spacial score (nSPS) is 11.9. The molecule has 0 radical (unpaired) electrons. The van der Waals surface area contributed by atoms with Crippen molar-refractivity contribution in [1.29, 1.82) is 0 Å². The van der Waals surface area contributed by atoms with Gasteiger partial charge in [-0.25, -0.2) is 4.68 Å². The van der Waals surface area contributed by atoms with Gasteiger partial charge in [-0.2, -0.15) is 5.10 Å². The molecule has 0 atom stereocenters. The second-order valence-electron chi connectivity index (χ2n) is 7.31. The first-order valence-corrected chi connectivity index (χ1v) is 11.2. The zero-order valence-corrected chi connectivity index (χ0v) is 20.7. The monoisotopic (exact) mass is 467 g/mol. The fourth-order valence-corrected chi connectivity index (χ4v) is 4.00. The third-order valence-corrected chi connectivity index (χ3v) is 5.76. The maximum atomic E-state index is 5.62. The van der Waals surface area contributed by atoms with Gasteiger partial charge in [0.05, 0.1) is 46.4 Å². The van der Waals surface area contributed by atoms with Crippen LogP contribution in [-0.4, -0.2) is 45.4 Å². The summed E-state index contributed by atoms with van der Waals surface area (Å²) >= 11 is 1.50. The minimum Gasteiger partial charge on any atom is -0.497 e. The second-order valence-corrected chi connectivity index (χ2v) is 8.15. The van der Waals surface area contributed by atoms with E-state index in [0.29, 0.717) is 23.8 Å². The summed E-state index contributed by atoms with van der Waals surface area (Å²) in [6, 6.07) is 11.4. The Morgan fingerprint density at radius 3 is 2.24 bits per heavy atom. The number of methoxy groups -OCH3 is 4. The van der Waals surface area contributed by atoms with Crippen molar-refractivity contribution in [1.82, 2.24) is 4.68 Å². The highest BCUT2D eigenvalue weighted by Crippen LogP contribution is 2.34. The first-order valence-electron chi connectivity index (χ1n) is 10.3. The molecule has 174 valence electrons. The van der Waals surface area contributed by atoms with Crippen LogP contribution >= 0.6 is 11.3 Å². The zero-order valence-electron chi connectivity index (χ0n) is 19.8. The van der Waals surface area contributed by atoms with E-state index < -0.39 is 0 Å². The van der Waals surface area contributed by atoms with Crippen molar-refractivity contribution < 1.29 is 18.9 Å². The molecule has 0 unspecified atom stereocenters. The summed E-state index contributed by atoms with van der Waals surface area (Å²) in [5, 5.41) is 6.95. The van der Waals surface area contributed by atoms with E-state index in [-0.39, 0.29) is 0 Å². The van der Waals surface area contributed by atoms with Crippen LogP contribution in [0.15, 0.2) is 64.0 Å². The van der Waals surface area contributed by atoms with Crippen molar-refractivity contribution >= 4 is 17.0 Å². The summed E-state index contributed by atoms with van der Waals surface area (Å²) in [5.41, 5.74) is 4.36. The maximum absolute atomic E-state index is 5.62. The van der Waals surface area contributed by atoms with E-state index >= 15 is 0 Å². The molecule has 7 nitrogen and oxygen atoms in total. The lowest BCUT2D eigenvalue weighted by atomic mass is 10.1. The van der Waals surface area contributed by atoms with E-state index in [1.807, 2.05) is 60.3 Å². The number of ether oxygens (including phenoxy) is 4. The lowest BCUT2D eigenvalue weighted by Crippen LogP contribution is -2.15. The van der Waals surface area contributed by atoms with Crippen molar-refractivity contribution in [3.8, 4) is 34.3 Å². The Morgan fingerprint density at radius 1 is 0.909 bits per heavy atom. The van der Waals surface area contributed by atoms with E-state index in [9.17, 15) is 0 Å². The first kappa shape index (κ1) is 24.1. The fraction of sp³-hybridized carbons (Fsp3) is 0.280. The highest BCUT2D eigenvalue weighted by molar-refractivity contribution is 7.07. The molecule has 3 rings (SSSR count). The van der Waals surface area contributed by atoms with Crippen molar-refractivity contribution in [2.45, 2.75) is 13.8 Å². The quantitative estimate of drug-likeness (QED) is 0.328. The highest BCUT2D eigenvalue weighted by atomic mass is 32.1. The molecule has 3 aromatic rings. The SMILES string of the molecule is C=C(C)CN=c1scc(-c2cc(OC)ccc2OC)n1N=C(C)c1ccc(OC)c(OC)c1. The zero-order chi connectivity index (χ0) is 24.0. The van der Waals surface area contributed by atoms with Crippen LogP contribution in [0.3, 0.4) is 0 Å². The summed E-state index contributed by atoms with van der Waals surface area (Å²) in [4.78, 5) is 5.46. The Hall–Kier alpha value is -3.52. The van der Waals surface area contributed by atoms with E-state index in [4.69, 9.17) is 29.0 Å². The largest absolute Gasteiger partial charge is 0.497 e. The molecule has 0 spiro atoms. The molecule has 0 saturated heterocycles. The van der Waals surface area contributed by atoms with Crippen molar-refractivity contribution in [3.63, 3.8) is 0 Å².